The molecule has 0 aromatic heterocycles. The molecule has 1 atom stereocenters. The summed E-state index contributed by atoms with van der Waals surface area (Å²) in [4.78, 5) is 0. The summed E-state index contributed by atoms with van der Waals surface area (Å²) in [6.07, 6.45) is 8.87. The van der Waals surface area contributed by atoms with Crippen LogP contribution in [-0.2, 0) is 4.74 Å². The predicted octanol–water partition coefficient (Wildman–Crippen LogP) is 2.89. The van der Waals surface area contributed by atoms with E-state index in [1.165, 1.54) is 32.1 Å². The minimum atomic E-state index is -0.100. The molecule has 0 aromatic carbocycles. The number of hydrogen-bond donors (Lipinski definition) is 0. The normalized spacial score (nSPS) is 28.0. The Balaban J connectivity index is 2.02. The lowest BCUT2D eigenvalue weighted by atomic mass is 9.79. The Labute approximate surface area is 86.2 Å². The van der Waals surface area contributed by atoms with Crippen molar-refractivity contribution in [2.24, 2.45) is 11.3 Å². The van der Waals surface area contributed by atoms with Gasteiger partial charge in [-0.05, 0) is 31.6 Å². The fraction of sp³-hybridized carbons (Fsp3) is 0.917. The molecular weight excluding hydrogens is 174 g/mol. The molecule has 14 heavy (non-hydrogen) atoms. The van der Waals surface area contributed by atoms with Gasteiger partial charge in [0.05, 0.1) is 17.6 Å². The standard InChI is InChI=1S/C12H19NO/c1-14-11(12(9-13)7-8-12)10-5-3-2-4-6-10/h10-11H,2-8H2,1H3. The van der Waals surface area contributed by atoms with E-state index in [0.717, 1.165) is 12.8 Å². The monoisotopic (exact) mass is 193 g/mol. The Morgan fingerprint density at radius 1 is 1.29 bits per heavy atom. The van der Waals surface area contributed by atoms with Crippen LogP contribution in [0.5, 0.6) is 0 Å². The fourth-order valence-corrected chi connectivity index (χ4v) is 2.90. The van der Waals surface area contributed by atoms with Gasteiger partial charge in [-0.3, -0.25) is 0 Å². The highest BCUT2D eigenvalue weighted by Crippen LogP contribution is 2.53. The molecule has 78 valence electrons. The predicted molar refractivity (Wildman–Crippen MR) is 54.7 cm³/mol. The highest BCUT2D eigenvalue weighted by molar-refractivity contribution is 5.15. The van der Waals surface area contributed by atoms with E-state index >= 15 is 0 Å². The van der Waals surface area contributed by atoms with Gasteiger partial charge < -0.3 is 4.74 Å². The van der Waals surface area contributed by atoms with Gasteiger partial charge in [-0.1, -0.05) is 19.3 Å². The second-order valence-corrected chi connectivity index (χ2v) is 4.82. The van der Waals surface area contributed by atoms with Gasteiger partial charge in [-0.15, -0.1) is 0 Å². The van der Waals surface area contributed by atoms with Crippen LogP contribution in [0.25, 0.3) is 0 Å². The molecule has 1 unspecified atom stereocenters. The van der Waals surface area contributed by atoms with E-state index in [9.17, 15) is 0 Å². The Kier molecular flexibility index (Phi) is 2.78. The lowest BCUT2D eigenvalue weighted by Crippen LogP contribution is -2.33. The maximum Gasteiger partial charge on any atom is 0.0838 e. The smallest absolute Gasteiger partial charge is 0.0838 e. The van der Waals surface area contributed by atoms with Gasteiger partial charge in [0.25, 0.3) is 0 Å². The summed E-state index contributed by atoms with van der Waals surface area (Å²) in [5.41, 5.74) is -0.100. The van der Waals surface area contributed by atoms with Crippen LogP contribution < -0.4 is 0 Å². The van der Waals surface area contributed by atoms with Crippen molar-refractivity contribution in [2.45, 2.75) is 51.0 Å². The zero-order valence-electron chi connectivity index (χ0n) is 8.96. The van der Waals surface area contributed by atoms with Crippen molar-refractivity contribution >= 4 is 0 Å². The van der Waals surface area contributed by atoms with Crippen LogP contribution in [0.3, 0.4) is 0 Å². The van der Waals surface area contributed by atoms with Crippen molar-refractivity contribution in [2.75, 3.05) is 7.11 Å². The minimum Gasteiger partial charge on any atom is -0.380 e. The van der Waals surface area contributed by atoms with Crippen LogP contribution in [0.2, 0.25) is 0 Å². The highest BCUT2D eigenvalue weighted by atomic mass is 16.5. The molecule has 2 rings (SSSR count). The summed E-state index contributed by atoms with van der Waals surface area (Å²) in [6, 6.07) is 2.48. The maximum absolute atomic E-state index is 9.16. The Morgan fingerprint density at radius 3 is 2.36 bits per heavy atom. The molecule has 0 aliphatic heterocycles. The Morgan fingerprint density at radius 2 is 1.93 bits per heavy atom. The van der Waals surface area contributed by atoms with Crippen molar-refractivity contribution in [1.82, 2.24) is 0 Å². The molecule has 0 bridgehead atoms. The van der Waals surface area contributed by atoms with Gasteiger partial charge in [0.2, 0.25) is 0 Å². The molecule has 2 saturated carbocycles. The number of nitrogens with zero attached hydrogens (tertiary/aromatic N) is 1. The molecule has 0 saturated heterocycles. The summed E-state index contributed by atoms with van der Waals surface area (Å²) < 4.78 is 5.59. The third-order valence-electron chi connectivity index (χ3n) is 3.89. The van der Waals surface area contributed by atoms with E-state index < -0.39 is 0 Å². The highest BCUT2D eigenvalue weighted by Gasteiger charge is 2.53. The van der Waals surface area contributed by atoms with Gasteiger partial charge in [0.1, 0.15) is 0 Å². The number of rotatable bonds is 3. The van der Waals surface area contributed by atoms with Crippen LogP contribution in [0.15, 0.2) is 0 Å². The van der Waals surface area contributed by atoms with Crippen LogP contribution in [0.1, 0.15) is 44.9 Å². The molecule has 0 spiro atoms. The second kappa shape index (κ2) is 3.90. The molecule has 2 heteroatoms. The first kappa shape index (κ1) is 9.98. The third kappa shape index (κ3) is 1.66. The number of nitriles is 1. The fourth-order valence-electron chi connectivity index (χ4n) is 2.90. The number of ether oxygens (including phenoxy) is 1. The summed E-state index contributed by atoms with van der Waals surface area (Å²) in [6.45, 7) is 0. The van der Waals surface area contributed by atoms with E-state index in [2.05, 4.69) is 6.07 Å². The molecule has 0 aromatic rings. The summed E-state index contributed by atoms with van der Waals surface area (Å²) >= 11 is 0. The Bertz CT molecular complexity index is 233. The van der Waals surface area contributed by atoms with Gasteiger partial charge in [-0.2, -0.15) is 5.26 Å². The molecule has 0 N–H and O–H groups in total. The van der Waals surface area contributed by atoms with Crippen LogP contribution >= 0.6 is 0 Å². The molecule has 2 nitrogen and oxygen atoms in total. The van der Waals surface area contributed by atoms with Crippen LogP contribution in [0.4, 0.5) is 0 Å². The third-order valence-corrected chi connectivity index (χ3v) is 3.89. The minimum absolute atomic E-state index is 0.100. The average Bonchev–Trinajstić information content (AvgIpc) is 3.02. The van der Waals surface area contributed by atoms with Gasteiger partial charge in [0, 0.05) is 7.11 Å². The zero-order chi connectivity index (χ0) is 10.0. The molecule has 2 aliphatic carbocycles. The molecule has 2 aliphatic rings. The van der Waals surface area contributed by atoms with Crippen LogP contribution in [-0.4, -0.2) is 13.2 Å². The number of hydrogen-bond acceptors (Lipinski definition) is 2. The van der Waals surface area contributed by atoms with Crippen molar-refractivity contribution in [3.63, 3.8) is 0 Å². The molecule has 0 radical (unpaired) electrons. The van der Waals surface area contributed by atoms with Crippen molar-refractivity contribution in [1.29, 1.82) is 5.26 Å². The SMILES string of the molecule is COC(C1CCCCC1)C1(C#N)CC1. The molecule has 0 amide bonds. The quantitative estimate of drug-likeness (QED) is 0.690. The lowest BCUT2D eigenvalue weighted by Gasteiger charge is -2.32. The van der Waals surface area contributed by atoms with E-state index in [0.29, 0.717) is 5.92 Å². The van der Waals surface area contributed by atoms with Gasteiger partial charge in [0.15, 0.2) is 0 Å². The van der Waals surface area contributed by atoms with E-state index in [1.807, 2.05) is 0 Å². The van der Waals surface area contributed by atoms with Crippen molar-refractivity contribution in [3.8, 4) is 6.07 Å². The van der Waals surface area contributed by atoms with Gasteiger partial charge in [-0.25, -0.2) is 0 Å². The summed E-state index contributed by atoms with van der Waals surface area (Å²) in [7, 11) is 1.77. The van der Waals surface area contributed by atoms with E-state index in [1.54, 1.807) is 7.11 Å². The zero-order valence-corrected chi connectivity index (χ0v) is 8.96. The Hall–Kier alpha value is -0.550. The second-order valence-electron chi connectivity index (χ2n) is 4.82. The number of methoxy groups -OCH3 is 1. The summed E-state index contributed by atoms with van der Waals surface area (Å²) in [5, 5.41) is 9.16. The first-order valence-electron chi connectivity index (χ1n) is 5.76. The first-order valence-corrected chi connectivity index (χ1v) is 5.76. The first-order chi connectivity index (χ1) is 6.82. The van der Waals surface area contributed by atoms with Crippen molar-refractivity contribution < 1.29 is 4.74 Å². The average molecular weight is 193 g/mol. The maximum atomic E-state index is 9.16. The van der Waals surface area contributed by atoms with E-state index in [4.69, 9.17) is 10.00 Å². The van der Waals surface area contributed by atoms with Crippen LogP contribution in [0, 0.1) is 22.7 Å². The summed E-state index contributed by atoms with van der Waals surface area (Å²) in [5.74, 6) is 0.649. The molecule has 0 heterocycles. The molecule has 2 fully saturated rings. The van der Waals surface area contributed by atoms with Gasteiger partial charge >= 0.3 is 0 Å². The topological polar surface area (TPSA) is 33.0 Å². The van der Waals surface area contributed by atoms with Crippen molar-refractivity contribution in [3.05, 3.63) is 0 Å². The lowest BCUT2D eigenvalue weighted by molar-refractivity contribution is 0.000398. The molecular formula is C12H19NO. The van der Waals surface area contributed by atoms with E-state index in [-0.39, 0.29) is 11.5 Å². The largest absolute Gasteiger partial charge is 0.380 e.